The fourth-order valence-electron chi connectivity index (χ4n) is 2.20. The second kappa shape index (κ2) is 5.67. The van der Waals surface area contributed by atoms with Crippen molar-refractivity contribution >= 4 is 17.5 Å². The van der Waals surface area contributed by atoms with Gasteiger partial charge >= 0.3 is 0 Å². The Morgan fingerprint density at radius 1 is 1.11 bits per heavy atom. The maximum atomic E-state index is 11.5. The Balaban J connectivity index is 1.96. The standard InChI is InChI=1S/C14H18N2O2/c1-2-15(12-6-4-3-5-7-12)10-11-16-13(17)8-9-14(16)18/h3-7H,2,8-11H2,1H3. The fourth-order valence-corrected chi connectivity index (χ4v) is 2.20. The molecule has 1 aromatic rings. The third-order valence-electron chi connectivity index (χ3n) is 3.25. The molecule has 96 valence electrons. The van der Waals surface area contributed by atoms with E-state index in [1.165, 1.54) is 4.90 Å². The van der Waals surface area contributed by atoms with E-state index < -0.39 is 0 Å². The molecule has 1 saturated heterocycles. The van der Waals surface area contributed by atoms with E-state index >= 15 is 0 Å². The van der Waals surface area contributed by atoms with Crippen LogP contribution in [0.1, 0.15) is 19.8 Å². The largest absolute Gasteiger partial charge is 0.370 e. The number of carbonyl (C=O) groups is 2. The van der Waals surface area contributed by atoms with Crippen LogP contribution in [0.15, 0.2) is 30.3 Å². The number of likely N-dealkylation sites (tertiary alicyclic amines) is 1. The van der Waals surface area contributed by atoms with Crippen molar-refractivity contribution in [1.29, 1.82) is 0 Å². The molecule has 0 bridgehead atoms. The van der Waals surface area contributed by atoms with E-state index in [0.29, 0.717) is 25.9 Å². The lowest BCUT2D eigenvalue weighted by atomic mass is 10.3. The van der Waals surface area contributed by atoms with Gasteiger partial charge in [-0.2, -0.15) is 0 Å². The highest BCUT2D eigenvalue weighted by Gasteiger charge is 2.28. The monoisotopic (exact) mass is 246 g/mol. The summed E-state index contributed by atoms with van der Waals surface area (Å²) in [7, 11) is 0. The minimum atomic E-state index is -0.0379. The van der Waals surface area contributed by atoms with Gasteiger partial charge in [-0.1, -0.05) is 18.2 Å². The third-order valence-corrected chi connectivity index (χ3v) is 3.25. The first-order chi connectivity index (χ1) is 8.72. The molecule has 1 aliphatic rings. The lowest BCUT2D eigenvalue weighted by Crippen LogP contribution is -2.38. The van der Waals surface area contributed by atoms with Crippen molar-refractivity contribution in [2.75, 3.05) is 24.5 Å². The number of benzene rings is 1. The Kier molecular flexibility index (Phi) is 3.97. The maximum Gasteiger partial charge on any atom is 0.229 e. The van der Waals surface area contributed by atoms with Crippen LogP contribution in [0, 0.1) is 0 Å². The van der Waals surface area contributed by atoms with Crippen LogP contribution in [0.25, 0.3) is 0 Å². The first-order valence-corrected chi connectivity index (χ1v) is 6.35. The first kappa shape index (κ1) is 12.6. The van der Waals surface area contributed by atoms with Gasteiger partial charge in [0.2, 0.25) is 11.8 Å². The second-order valence-corrected chi connectivity index (χ2v) is 4.35. The minimum Gasteiger partial charge on any atom is -0.370 e. The van der Waals surface area contributed by atoms with Crippen LogP contribution < -0.4 is 4.90 Å². The molecule has 1 fully saturated rings. The summed E-state index contributed by atoms with van der Waals surface area (Å²) in [6, 6.07) is 10.0. The number of anilines is 1. The third kappa shape index (κ3) is 2.70. The van der Waals surface area contributed by atoms with Gasteiger partial charge in [0.15, 0.2) is 0 Å². The van der Waals surface area contributed by atoms with Crippen molar-refractivity contribution in [3.63, 3.8) is 0 Å². The van der Waals surface area contributed by atoms with Gasteiger partial charge in [0.25, 0.3) is 0 Å². The van der Waals surface area contributed by atoms with Crippen molar-refractivity contribution in [2.45, 2.75) is 19.8 Å². The normalized spacial score (nSPS) is 15.3. The summed E-state index contributed by atoms with van der Waals surface area (Å²) in [5.74, 6) is -0.0757. The molecule has 4 nitrogen and oxygen atoms in total. The number of hydrogen-bond acceptors (Lipinski definition) is 3. The average molecular weight is 246 g/mol. The van der Waals surface area contributed by atoms with Crippen LogP contribution >= 0.6 is 0 Å². The van der Waals surface area contributed by atoms with E-state index in [9.17, 15) is 9.59 Å². The summed E-state index contributed by atoms with van der Waals surface area (Å²) >= 11 is 0. The van der Waals surface area contributed by atoms with Crippen LogP contribution in [-0.2, 0) is 9.59 Å². The number of imide groups is 1. The van der Waals surface area contributed by atoms with E-state index in [2.05, 4.69) is 11.8 Å². The molecule has 0 aliphatic carbocycles. The van der Waals surface area contributed by atoms with Gasteiger partial charge in [-0.15, -0.1) is 0 Å². The molecule has 0 atom stereocenters. The molecule has 0 radical (unpaired) electrons. The Morgan fingerprint density at radius 3 is 2.28 bits per heavy atom. The van der Waals surface area contributed by atoms with Crippen molar-refractivity contribution in [2.24, 2.45) is 0 Å². The quantitative estimate of drug-likeness (QED) is 0.742. The Morgan fingerprint density at radius 2 is 1.72 bits per heavy atom. The highest BCUT2D eigenvalue weighted by atomic mass is 16.2. The molecule has 1 heterocycles. The van der Waals surface area contributed by atoms with Crippen LogP contribution in [-0.4, -0.2) is 36.3 Å². The number of rotatable bonds is 5. The molecule has 0 spiro atoms. The predicted octanol–water partition coefficient (Wildman–Crippen LogP) is 1.66. The molecule has 1 aliphatic heterocycles. The predicted molar refractivity (Wildman–Crippen MR) is 70.3 cm³/mol. The summed E-state index contributed by atoms with van der Waals surface area (Å²) in [6.07, 6.45) is 0.743. The van der Waals surface area contributed by atoms with Crippen molar-refractivity contribution in [3.05, 3.63) is 30.3 Å². The van der Waals surface area contributed by atoms with E-state index in [-0.39, 0.29) is 11.8 Å². The zero-order chi connectivity index (χ0) is 13.0. The topological polar surface area (TPSA) is 40.6 Å². The lowest BCUT2D eigenvalue weighted by molar-refractivity contribution is -0.138. The molecule has 4 heteroatoms. The van der Waals surface area contributed by atoms with Crippen molar-refractivity contribution < 1.29 is 9.59 Å². The van der Waals surface area contributed by atoms with Crippen molar-refractivity contribution in [1.82, 2.24) is 4.90 Å². The van der Waals surface area contributed by atoms with Crippen LogP contribution in [0.5, 0.6) is 0 Å². The highest BCUT2D eigenvalue weighted by Crippen LogP contribution is 2.15. The maximum absolute atomic E-state index is 11.5. The number of hydrogen-bond donors (Lipinski definition) is 0. The summed E-state index contributed by atoms with van der Waals surface area (Å²) in [4.78, 5) is 26.6. The van der Waals surface area contributed by atoms with Crippen molar-refractivity contribution in [3.8, 4) is 0 Å². The molecule has 0 saturated carbocycles. The van der Waals surface area contributed by atoms with Gasteiger partial charge in [0.1, 0.15) is 0 Å². The summed E-state index contributed by atoms with van der Waals surface area (Å²) in [6.45, 7) is 4.11. The highest BCUT2D eigenvalue weighted by molar-refractivity contribution is 6.01. The molecule has 18 heavy (non-hydrogen) atoms. The van der Waals surface area contributed by atoms with Gasteiger partial charge in [0.05, 0.1) is 0 Å². The smallest absolute Gasteiger partial charge is 0.229 e. The van der Waals surface area contributed by atoms with Gasteiger partial charge in [-0.3, -0.25) is 14.5 Å². The number of para-hydroxylation sites is 1. The molecule has 2 amide bonds. The number of likely N-dealkylation sites (N-methyl/N-ethyl adjacent to an activating group) is 1. The molecule has 0 N–H and O–H groups in total. The number of carbonyl (C=O) groups excluding carboxylic acids is 2. The van der Waals surface area contributed by atoms with Crippen LogP contribution in [0.3, 0.4) is 0 Å². The molecule has 2 rings (SSSR count). The molecule has 0 aromatic heterocycles. The summed E-state index contributed by atoms with van der Waals surface area (Å²) in [5.41, 5.74) is 1.12. The Hall–Kier alpha value is -1.84. The molecular weight excluding hydrogens is 228 g/mol. The summed E-state index contributed by atoms with van der Waals surface area (Å²) in [5, 5.41) is 0. The Bertz CT molecular complexity index is 415. The Labute approximate surface area is 107 Å². The zero-order valence-corrected chi connectivity index (χ0v) is 10.6. The fraction of sp³-hybridized carbons (Fsp3) is 0.429. The molecule has 0 unspecified atom stereocenters. The number of nitrogens with zero attached hydrogens (tertiary/aromatic N) is 2. The van der Waals surface area contributed by atoms with Crippen LogP contribution in [0.2, 0.25) is 0 Å². The van der Waals surface area contributed by atoms with Gasteiger partial charge in [-0.25, -0.2) is 0 Å². The first-order valence-electron chi connectivity index (χ1n) is 6.35. The minimum absolute atomic E-state index is 0.0379. The van der Waals surface area contributed by atoms with E-state index in [4.69, 9.17) is 0 Å². The SMILES string of the molecule is CCN(CCN1C(=O)CCC1=O)c1ccccc1. The van der Waals surface area contributed by atoms with Gasteiger partial charge in [-0.05, 0) is 19.1 Å². The number of amides is 2. The van der Waals surface area contributed by atoms with E-state index in [1.807, 2.05) is 30.3 Å². The van der Waals surface area contributed by atoms with Gasteiger partial charge < -0.3 is 4.90 Å². The molecule has 1 aromatic carbocycles. The average Bonchev–Trinajstić information content (AvgIpc) is 2.72. The van der Waals surface area contributed by atoms with E-state index in [1.54, 1.807) is 0 Å². The van der Waals surface area contributed by atoms with E-state index in [0.717, 1.165) is 12.2 Å². The van der Waals surface area contributed by atoms with Crippen LogP contribution in [0.4, 0.5) is 5.69 Å². The summed E-state index contributed by atoms with van der Waals surface area (Å²) < 4.78 is 0. The van der Waals surface area contributed by atoms with Gasteiger partial charge in [0, 0.05) is 38.2 Å². The second-order valence-electron chi connectivity index (χ2n) is 4.35. The lowest BCUT2D eigenvalue weighted by Gasteiger charge is -2.25. The zero-order valence-electron chi connectivity index (χ0n) is 10.6. The molecular formula is C14H18N2O2.